The third-order valence-corrected chi connectivity index (χ3v) is 7.52. The summed E-state index contributed by atoms with van der Waals surface area (Å²) < 4.78 is 26.5. The molecule has 0 aliphatic carbocycles. The summed E-state index contributed by atoms with van der Waals surface area (Å²) in [4.78, 5) is 12.2. The van der Waals surface area contributed by atoms with E-state index in [0.29, 0.717) is 27.8 Å². The molecule has 11 heteroatoms. The molecular formula is C17H23ClN4O3S3. The number of thioether (sulfide) groups is 1. The second-order valence-electron chi connectivity index (χ2n) is 6.09. The van der Waals surface area contributed by atoms with Crippen molar-refractivity contribution in [2.24, 2.45) is 0 Å². The van der Waals surface area contributed by atoms with Gasteiger partial charge in [-0.15, -0.1) is 10.2 Å². The topological polar surface area (TPSA) is 92.3 Å². The van der Waals surface area contributed by atoms with Crippen LogP contribution < -0.4 is 9.62 Å². The Kier molecular flexibility index (Phi) is 8.54. The van der Waals surface area contributed by atoms with E-state index in [1.165, 1.54) is 15.6 Å². The summed E-state index contributed by atoms with van der Waals surface area (Å²) in [6.45, 7) is 4.04. The zero-order valence-electron chi connectivity index (χ0n) is 15.9. The molecule has 7 nitrogen and oxygen atoms in total. The fourth-order valence-corrected chi connectivity index (χ4v) is 5.28. The van der Waals surface area contributed by atoms with E-state index in [2.05, 4.69) is 22.4 Å². The normalized spacial score (nSPS) is 11.4. The number of benzene rings is 1. The highest BCUT2D eigenvalue weighted by atomic mass is 35.5. The van der Waals surface area contributed by atoms with Crippen molar-refractivity contribution < 1.29 is 13.2 Å². The highest BCUT2D eigenvalue weighted by Gasteiger charge is 2.20. The van der Waals surface area contributed by atoms with Gasteiger partial charge >= 0.3 is 0 Å². The predicted molar refractivity (Wildman–Crippen MR) is 117 cm³/mol. The van der Waals surface area contributed by atoms with E-state index in [1.807, 2.05) is 0 Å². The second-order valence-corrected chi connectivity index (χ2v) is 10.7. The number of aromatic nitrogens is 2. The summed E-state index contributed by atoms with van der Waals surface area (Å²) >= 11 is 9.05. The molecule has 0 atom stereocenters. The van der Waals surface area contributed by atoms with Gasteiger partial charge in [0.15, 0.2) is 4.34 Å². The number of sulfonamides is 1. The van der Waals surface area contributed by atoms with Crippen molar-refractivity contribution in [1.82, 2.24) is 10.2 Å². The van der Waals surface area contributed by atoms with Gasteiger partial charge in [0.25, 0.3) is 0 Å². The number of hydrogen-bond donors (Lipinski definition) is 1. The van der Waals surface area contributed by atoms with Crippen molar-refractivity contribution in [3.8, 4) is 0 Å². The predicted octanol–water partition coefficient (Wildman–Crippen LogP) is 4.19. The standard InChI is InChI=1S/C17H23ClN4O3S3/c1-4-11-26-17-21-20-16(27-17)19-15(23)9-6-10-22(28(3,24)25)14-8-5-7-13(18)12(14)2/h5,7-8H,4,6,9-11H2,1-3H3,(H,19,20,23). The molecule has 0 bridgehead atoms. The summed E-state index contributed by atoms with van der Waals surface area (Å²) in [6, 6.07) is 5.13. The monoisotopic (exact) mass is 462 g/mol. The van der Waals surface area contributed by atoms with Gasteiger partial charge in [0.2, 0.25) is 21.1 Å². The highest BCUT2D eigenvalue weighted by molar-refractivity contribution is 8.01. The van der Waals surface area contributed by atoms with E-state index < -0.39 is 10.0 Å². The van der Waals surface area contributed by atoms with Crippen LogP contribution in [0.25, 0.3) is 0 Å². The van der Waals surface area contributed by atoms with Crippen molar-refractivity contribution >= 4 is 61.4 Å². The minimum atomic E-state index is -3.50. The van der Waals surface area contributed by atoms with Crippen molar-refractivity contribution in [2.75, 3.05) is 28.2 Å². The van der Waals surface area contributed by atoms with Crippen LogP contribution in [0.15, 0.2) is 22.5 Å². The van der Waals surface area contributed by atoms with Gasteiger partial charge in [0, 0.05) is 23.7 Å². The Morgan fingerprint density at radius 3 is 2.79 bits per heavy atom. The van der Waals surface area contributed by atoms with Gasteiger partial charge < -0.3 is 5.32 Å². The Morgan fingerprint density at radius 2 is 2.11 bits per heavy atom. The maximum atomic E-state index is 12.2. The molecule has 0 spiro atoms. The quantitative estimate of drug-likeness (QED) is 0.420. The fraction of sp³-hybridized carbons (Fsp3) is 0.471. The highest BCUT2D eigenvalue weighted by Crippen LogP contribution is 2.29. The molecule has 1 N–H and O–H groups in total. The molecule has 2 rings (SSSR count). The molecule has 28 heavy (non-hydrogen) atoms. The van der Waals surface area contributed by atoms with Crippen LogP contribution in [0.3, 0.4) is 0 Å². The lowest BCUT2D eigenvalue weighted by molar-refractivity contribution is -0.116. The molecule has 0 saturated heterocycles. The molecular weight excluding hydrogens is 440 g/mol. The maximum Gasteiger partial charge on any atom is 0.232 e. The van der Waals surface area contributed by atoms with E-state index in [9.17, 15) is 13.2 Å². The van der Waals surface area contributed by atoms with Gasteiger partial charge in [-0.1, -0.05) is 47.7 Å². The Balaban J connectivity index is 1.94. The third-order valence-electron chi connectivity index (χ3n) is 3.76. The van der Waals surface area contributed by atoms with Crippen LogP contribution in [0, 0.1) is 6.92 Å². The molecule has 1 amide bonds. The molecule has 1 aromatic carbocycles. The number of amides is 1. The van der Waals surface area contributed by atoms with Gasteiger partial charge in [0.1, 0.15) is 0 Å². The summed E-state index contributed by atoms with van der Waals surface area (Å²) in [5.41, 5.74) is 1.21. The van der Waals surface area contributed by atoms with Crippen LogP contribution >= 0.6 is 34.7 Å². The van der Waals surface area contributed by atoms with Crippen LogP contribution in [0.5, 0.6) is 0 Å². The van der Waals surface area contributed by atoms with Crippen molar-refractivity contribution in [2.45, 2.75) is 37.4 Å². The van der Waals surface area contributed by atoms with Gasteiger partial charge in [-0.25, -0.2) is 8.42 Å². The maximum absolute atomic E-state index is 12.2. The fourth-order valence-electron chi connectivity index (χ4n) is 2.40. The number of nitrogens with one attached hydrogen (secondary N) is 1. The molecule has 154 valence electrons. The molecule has 0 unspecified atom stereocenters. The first-order valence-corrected chi connectivity index (χ1v) is 12.7. The van der Waals surface area contributed by atoms with Gasteiger partial charge in [-0.3, -0.25) is 9.10 Å². The van der Waals surface area contributed by atoms with Crippen LogP contribution in [-0.2, 0) is 14.8 Å². The lowest BCUT2D eigenvalue weighted by Gasteiger charge is -2.24. The van der Waals surface area contributed by atoms with Crippen LogP contribution in [-0.4, -0.2) is 43.1 Å². The molecule has 0 saturated carbocycles. The number of anilines is 2. The van der Waals surface area contributed by atoms with Gasteiger partial charge in [0.05, 0.1) is 11.9 Å². The minimum Gasteiger partial charge on any atom is -0.301 e. The summed E-state index contributed by atoms with van der Waals surface area (Å²) in [6.07, 6.45) is 2.71. The summed E-state index contributed by atoms with van der Waals surface area (Å²) in [5.74, 6) is 0.728. The zero-order chi connectivity index (χ0) is 20.7. The van der Waals surface area contributed by atoms with Crippen molar-refractivity contribution in [3.63, 3.8) is 0 Å². The first-order valence-electron chi connectivity index (χ1n) is 8.71. The van der Waals surface area contributed by atoms with E-state index in [4.69, 9.17) is 11.6 Å². The largest absolute Gasteiger partial charge is 0.301 e. The molecule has 1 heterocycles. The Morgan fingerprint density at radius 1 is 1.36 bits per heavy atom. The lowest BCUT2D eigenvalue weighted by Crippen LogP contribution is -2.32. The molecule has 0 radical (unpaired) electrons. The first kappa shape index (κ1) is 22.9. The number of carbonyl (C=O) groups is 1. The SMILES string of the molecule is CCCSc1nnc(NC(=O)CCCN(c2cccc(Cl)c2C)S(C)(=O)=O)s1. The molecule has 1 aromatic heterocycles. The van der Waals surface area contributed by atoms with E-state index in [0.717, 1.165) is 22.8 Å². The van der Waals surface area contributed by atoms with Crippen LogP contribution in [0.2, 0.25) is 5.02 Å². The Hall–Kier alpha value is -1.36. The van der Waals surface area contributed by atoms with Crippen molar-refractivity contribution in [3.05, 3.63) is 28.8 Å². The second kappa shape index (κ2) is 10.4. The number of nitrogens with zero attached hydrogens (tertiary/aromatic N) is 3. The number of carbonyl (C=O) groups excluding carboxylic acids is 1. The molecule has 0 aliphatic heterocycles. The summed E-state index contributed by atoms with van der Waals surface area (Å²) in [5, 5.41) is 11.6. The number of hydrogen-bond acceptors (Lipinski definition) is 7. The van der Waals surface area contributed by atoms with Crippen LogP contribution in [0.4, 0.5) is 10.8 Å². The van der Waals surface area contributed by atoms with E-state index in [1.54, 1.807) is 36.9 Å². The molecule has 0 aliphatic rings. The number of halogens is 1. The zero-order valence-corrected chi connectivity index (χ0v) is 19.1. The Bertz CT molecular complexity index is 918. The van der Waals surface area contributed by atoms with E-state index >= 15 is 0 Å². The van der Waals surface area contributed by atoms with Crippen LogP contribution in [0.1, 0.15) is 31.7 Å². The van der Waals surface area contributed by atoms with Gasteiger partial charge in [-0.2, -0.15) is 0 Å². The average Bonchev–Trinajstić information content (AvgIpc) is 3.06. The number of rotatable bonds is 10. The summed E-state index contributed by atoms with van der Waals surface area (Å²) in [7, 11) is -3.50. The lowest BCUT2D eigenvalue weighted by atomic mass is 10.2. The molecule has 2 aromatic rings. The third kappa shape index (κ3) is 6.61. The average molecular weight is 463 g/mol. The Labute approximate surface area is 178 Å². The smallest absolute Gasteiger partial charge is 0.232 e. The molecule has 0 fully saturated rings. The van der Waals surface area contributed by atoms with Gasteiger partial charge in [-0.05, 0) is 37.5 Å². The minimum absolute atomic E-state index is 0.169. The van der Waals surface area contributed by atoms with Crippen molar-refractivity contribution in [1.29, 1.82) is 0 Å². The first-order chi connectivity index (χ1) is 13.2. The van der Waals surface area contributed by atoms with E-state index in [-0.39, 0.29) is 18.9 Å².